The van der Waals surface area contributed by atoms with Crippen LogP contribution in [0.15, 0.2) is 42.2 Å². The molecule has 0 aliphatic carbocycles. The van der Waals surface area contributed by atoms with Crippen molar-refractivity contribution in [1.29, 1.82) is 0 Å². The van der Waals surface area contributed by atoms with Crippen molar-refractivity contribution in [2.45, 2.75) is 85.9 Å². The molecule has 14 heteroatoms. The standard InChI is InChI=1S/C39H50N2O12/c1-18-11-10-12-19(2)38(48)41-25-16-27(50-17-28(40)43)29-30(34(25)46)33(45)23(6)36-31(29)37(47)39(8,53-36)51-14-13-26(49-9)21(4)35(52-24(7)42)22(5)32(44)20(3)15-18/h10-14,16,18,20-22,26,32,35,44-46H,15,17H2,1-9H3,(H2,40,43)(H,41,48)/b11-10+,14-13+,19-12-/t18-,20+,21+,22+,26-,32+,35+,39-/m0/s1. The van der Waals surface area contributed by atoms with Crippen molar-refractivity contribution in [1.82, 2.24) is 0 Å². The van der Waals surface area contributed by atoms with Crippen LogP contribution in [0.3, 0.4) is 0 Å². The number of aliphatic hydroxyl groups is 1. The molecule has 0 fully saturated rings. The lowest BCUT2D eigenvalue weighted by Crippen LogP contribution is -2.44. The highest BCUT2D eigenvalue weighted by Crippen LogP contribution is 2.54. The Bertz CT molecular complexity index is 1870. The summed E-state index contributed by atoms with van der Waals surface area (Å²) in [6, 6.07) is 1.22. The molecule has 2 aromatic rings. The van der Waals surface area contributed by atoms with E-state index in [1.165, 1.54) is 46.3 Å². The number of aliphatic hydroxyl groups excluding tert-OH is 1. The van der Waals surface area contributed by atoms with Crippen LogP contribution < -0.4 is 20.5 Å². The topological polar surface area (TPSA) is 213 Å². The third-order valence-electron chi connectivity index (χ3n) is 9.93. The van der Waals surface area contributed by atoms with Gasteiger partial charge in [-0.05, 0) is 38.2 Å². The largest absolute Gasteiger partial charge is 0.507 e. The van der Waals surface area contributed by atoms with Crippen LogP contribution >= 0.6 is 0 Å². The number of carbonyl (C=O) groups excluding carboxylic acids is 4. The van der Waals surface area contributed by atoms with E-state index in [2.05, 4.69) is 5.32 Å². The summed E-state index contributed by atoms with van der Waals surface area (Å²) < 4.78 is 29.2. The van der Waals surface area contributed by atoms with Crippen LogP contribution in [0.1, 0.15) is 70.8 Å². The lowest BCUT2D eigenvalue weighted by molar-refractivity contribution is -0.159. The number of fused-ring (bicyclic) bond motifs is 14. The van der Waals surface area contributed by atoms with Gasteiger partial charge in [0.1, 0.15) is 23.4 Å². The zero-order valence-corrected chi connectivity index (χ0v) is 31.5. The SMILES string of the molecule is CO[C@H]1/C=C/O[C@@]2(C)Oc3c(C)c(O)c4c(O)c(cc(OCC(N)=O)c4c3C2=O)NC(=O)/C(C)=C\C=C\[C@H](C)C[C@@H](C)[C@@H](O)[C@@H](C)[C@H](OC(C)=O)[C@@H]1C. The Balaban J connectivity index is 1.91. The second-order valence-corrected chi connectivity index (χ2v) is 14.1. The molecule has 53 heavy (non-hydrogen) atoms. The van der Waals surface area contributed by atoms with E-state index in [1.54, 1.807) is 26.0 Å². The van der Waals surface area contributed by atoms with Gasteiger partial charge < -0.3 is 50.1 Å². The predicted molar refractivity (Wildman–Crippen MR) is 195 cm³/mol. The number of methoxy groups -OCH3 is 1. The maximum absolute atomic E-state index is 14.2. The summed E-state index contributed by atoms with van der Waals surface area (Å²) in [6.45, 7) is 12.5. The molecule has 8 atom stereocenters. The van der Waals surface area contributed by atoms with Crippen LogP contribution in [0.5, 0.6) is 23.0 Å². The molecule has 0 radical (unpaired) electrons. The number of hydrogen-bond acceptors (Lipinski definition) is 12. The van der Waals surface area contributed by atoms with Gasteiger partial charge in [-0.3, -0.25) is 19.2 Å². The van der Waals surface area contributed by atoms with Gasteiger partial charge in [0, 0.05) is 55.4 Å². The number of ketones is 1. The number of rotatable bonds is 5. The number of primary amides is 1. The Labute approximate surface area is 308 Å². The van der Waals surface area contributed by atoms with Crippen molar-refractivity contribution in [2.24, 2.45) is 29.4 Å². The highest BCUT2D eigenvalue weighted by Gasteiger charge is 2.49. The molecule has 14 nitrogen and oxygen atoms in total. The van der Waals surface area contributed by atoms with Crippen molar-refractivity contribution in [3.05, 3.63) is 53.3 Å². The molecule has 3 heterocycles. The van der Waals surface area contributed by atoms with Gasteiger partial charge in [-0.1, -0.05) is 45.9 Å². The molecule has 2 amide bonds. The number of amides is 2. The fourth-order valence-electron chi connectivity index (χ4n) is 6.96. The van der Waals surface area contributed by atoms with Gasteiger partial charge in [0.05, 0.1) is 35.1 Å². The summed E-state index contributed by atoms with van der Waals surface area (Å²) in [4.78, 5) is 51.6. The fraction of sp³-hybridized carbons (Fsp3) is 0.487. The summed E-state index contributed by atoms with van der Waals surface area (Å²) in [5, 5.41) is 36.6. The molecule has 0 saturated heterocycles. The molecule has 0 spiro atoms. The summed E-state index contributed by atoms with van der Waals surface area (Å²) in [6.07, 6.45) is 6.14. The van der Waals surface area contributed by atoms with Crippen LogP contribution in [0.4, 0.5) is 5.69 Å². The van der Waals surface area contributed by atoms with Gasteiger partial charge in [0.2, 0.25) is 0 Å². The predicted octanol–water partition coefficient (Wildman–Crippen LogP) is 4.94. The maximum atomic E-state index is 14.2. The minimum Gasteiger partial charge on any atom is -0.507 e. The number of benzene rings is 2. The van der Waals surface area contributed by atoms with E-state index in [-0.39, 0.29) is 56.5 Å². The van der Waals surface area contributed by atoms with Crippen LogP contribution in [0, 0.1) is 30.6 Å². The minimum atomic E-state index is -2.00. The van der Waals surface area contributed by atoms with E-state index in [0.29, 0.717) is 6.42 Å². The number of anilines is 1. The zero-order chi connectivity index (χ0) is 39.5. The summed E-state index contributed by atoms with van der Waals surface area (Å²) in [5.41, 5.74) is 5.41. The average molecular weight is 739 g/mol. The fourth-order valence-corrected chi connectivity index (χ4v) is 6.96. The number of nitrogens with two attached hydrogens (primary N) is 1. The zero-order valence-electron chi connectivity index (χ0n) is 31.5. The Kier molecular flexibility index (Phi) is 12.5. The highest BCUT2D eigenvalue weighted by molar-refractivity contribution is 6.21. The van der Waals surface area contributed by atoms with Gasteiger partial charge in [-0.2, -0.15) is 0 Å². The first-order valence-corrected chi connectivity index (χ1v) is 17.4. The van der Waals surface area contributed by atoms with Crippen molar-refractivity contribution in [3.63, 3.8) is 0 Å². The first-order chi connectivity index (χ1) is 24.8. The summed E-state index contributed by atoms with van der Waals surface area (Å²) in [5.74, 6) is -7.22. The summed E-state index contributed by atoms with van der Waals surface area (Å²) in [7, 11) is 1.46. The lowest BCUT2D eigenvalue weighted by Gasteiger charge is -2.36. The van der Waals surface area contributed by atoms with E-state index < -0.39 is 77.6 Å². The van der Waals surface area contributed by atoms with E-state index in [1.807, 2.05) is 26.8 Å². The maximum Gasteiger partial charge on any atom is 0.312 e. The van der Waals surface area contributed by atoms with Gasteiger partial charge >= 0.3 is 11.8 Å². The number of Topliss-reactive ketones (excluding diaryl/α,β-unsaturated/α-hetero) is 1. The van der Waals surface area contributed by atoms with Crippen molar-refractivity contribution < 1.29 is 58.2 Å². The molecule has 0 saturated carbocycles. The Hall–Kier alpha value is -5.08. The molecular weight excluding hydrogens is 688 g/mol. The Morgan fingerprint density at radius 1 is 1.06 bits per heavy atom. The molecular formula is C39H50N2O12. The van der Waals surface area contributed by atoms with E-state index in [9.17, 15) is 34.5 Å². The number of esters is 1. The number of phenolic OH excluding ortho intramolecular Hbond substituents is 2. The number of allylic oxidation sites excluding steroid dienone is 3. The molecule has 5 bridgehead atoms. The Morgan fingerprint density at radius 3 is 2.36 bits per heavy atom. The number of carbonyl (C=O) groups is 4. The van der Waals surface area contributed by atoms with E-state index >= 15 is 0 Å². The van der Waals surface area contributed by atoms with Crippen LogP contribution in [0.2, 0.25) is 0 Å². The molecule has 2 aromatic carbocycles. The smallest absolute Gasteiger partial charge is 0.312 e. The average Bonchev–Trinajstić information content (AvgIpc) is 3.36. The third kappa shape index (κ3) is 8.44. The van der Waals surface area contributed by atoms with Crippen molar-refractivity contribution >= 4 is 40.0 Å². The molecule has 0 unspecified atom stereocenters. The number of phenols is 2. The van der Waals surface area contributed by atoms with Crippen molar-refractivity contribution in [3.8, 4) is 23.0 Å². The second kappa shape index (κ2) is 16.3. The normalized spacial score (nSPS) is 30.5. The molecule has 0 aromatic heterocycles. The number of hydrogen-bond donors (Lipinski definition) is 5. The number of nitrogens with one attached hydrogen (secondary N) is 1. The molecule has 5 rings (SSSR count). The van der Waals surface area contributed by atoms with Crippen LogP contribution in [0.25, 0.3) is 10.8 Å². The molecule has 288 valence electrons. The molecule has 3 aliphatic rings. The van der Waals surface area contributed by atoms with Gasteiger partial charge in [-0.15, -0.1) is 0 Å². The Morgan fingerprint density at radius 2 is 1.74 bits per heavy atom. The lowest BCUT2D eigenvalue weighted by atomic mass is 9.79. The number of aromatic hydroxyl groups is 2. The first-order valence-electron chi connectivity index (χ1n) is 17.4. The van der Waals surface area contributed by atoms with E-state index in [0.717, 1.165) is 0 Å². The van der Waals surface area contributed by atoms with Crippen molar-refractivity contribution in [2.75, 3.05) is 19.0 Å². The number of ether oxygens (including phenoxy) is 5. The van der Waals surface area contributed by atoms with Gasteiger partial charge in [0.25, 0.3) is 17.6 Å². The molecule has 3 aliphatic heterocycles. The van der Waals surface area contributed by atoms with Gasteiger partial charge in [0.15, 0.2) is 12.4 Å². The highest BCUT2D eigenvalue weighted by atomic mass is 16.7. The monoisotopic (exact) mass is 738 g/mol. The quantitative estimate of drug-likeness (QED) is 0.204. The second-order valence-electron chi connectivity index (χ2n) is 14.1. The van der Waals surface area contributed by atoms with Gasteiger partial charge in [-0.25, -0.2) is 0 Å². The summed E-state index contributed by atoms with van der Waals surface area (Å²) >= 11 is 0. The van der Waals surface area contributed by atoms with E-state index in [4.69, 9.17) is 29.4 Å². The first kappa shape index (κ1) is 40.7. The minimum absolute atomic E-state index is 0.0191. The third-order valence-corrected chi connectivity index (χ3v) is 9.93. The molecule has 6 N–H and O–H groups in total. The van der Waals surface area contributed by atoms with Crippen LogP contribution in [-0.4, -0.2) is 76.7 Å². The van der Waals surface area contributed by atoms with Crippen LogP contribution in [-0.2, 0) is 28.6 Å².